The first-order valence-electron chi connectivity index (χ1n) is 1.90. The van der Waals surface area contributed by atoms with E-state index in [1.54, 1.807) is 0 Å². The Kier molecular flexibility index (Phi) is 2.20. The van der Waals surface area contributed by atoms with Crippen LogP contribution in [0.25, 0.3) is 0 Å². The molecule has 0 aromatic carbocycles. The molecule has 0 spiro atoms. The molecule has 0 bridgehead atoms. The third kappa shape index (κ3) is 1.37. The fraction of sp³-hybridized carbons (Fsp3) is 0. The van der Waals surface area contributed by atoms with Crippen LogP contribution in [0, 0.1) is 0 Å². The van der Waals surface area contributed by atoms with E-state index in [0.717, 1.165) is 0 Å². The van der Waals surface area contributed by atoms with Crippen molar-refractivity contribution in [3.8, 4) is 0 Å². The normalized spacial score (nSPS) is 18.2. The van der Waals surface area contributed by atoms with Crippen LogP contribution in [-0.2, 0) is 26.0 Å². The van der Waals surface area contributed by atoms with Gasteiger partial charge in [0.05, 0.1) is 0 Å². The summed E-state index contributed by atoms with van der Waals surface area (Å²) in [5.41, 5.74) is 0. The van der Waals surface area contributed by atoms with Crippen LogP contribution in [-0.4, -0.2) is 39.3 Å². The van der Waals surface area contributed by atoms with Gasteiger partial charge in [0.2, 0.25) is 0 Å². The summed E-state index contributed by atoms with van der Waals surface area (Å²) in [6, 6.07) is 0. The predicted molar refractivity (Wildman–Crippen MR) is 36.5 cm³/mol. The minimum Gasteiger partial charge on any atom is -0.282 e. The van der Waals surface area contributed by atoms with Gasteiger partial charge < -0.3 is 0 Å². The topological polar surface area (TPSA) is 166 Å². The first-order valence-corrected chi connectivity index (χ1v) is 7.69. The molecule has 0 atom stereocenters. The van der Waals surface area contributed by atoms with Crippen molar-refractivity contribution in [2.75, 3.05) is 0 Å². The number of hydrogen-bond donors (Lipinski definition) is 4. The summed E-state index contributed by atoms with van der Waals surface area (Å²) in [7, 11) is -20.0. The number of hydrogen-bond acceptors (Lipinski definition) is 5. The minimum atomic E-state index is -7.51. The van der Waals surface area contributed by atoms with Crippen molar-refractivity contribution in [1.82, 2.24) is 0 Å². The monoisotopic (exact) mass is 244 g/mol. The highest BCUT2D eigenvalue weighted by Crippen LogP contribution is 2.29. The highest BCUT2D eigenvalue weighted by molar-refractivity contribution is 9.05. The maximum Gasteiger partial charge on any atom is 0.384 e. The summed E-state index contributed by atoms with van der Waals surface area (Å²) in [5, 5.41) is 0. The van der Waals surface area contributed by atoms with E-state index in [1.165, 1.54) is 0 Å². The van der Waals surface area contributed by atoms with E-state index >= 15 is 0 Å². The van der Waals surface area contributed by atoms with Crippen molar-refractivity contribution in [2.45, 2.75) is 0 Å². The molecule has 0 radical (unpaired) electrons. The minimum absolute atomic E-state index is 6.23. The Morgan fingerprint density at radius 2 is 1.00 bits per heavy atom. The Balaban J connectivity index is 6.23. The summed E-state index contributed by atoms with van der Waals surface area (Å²) in [6.45, 7) is 0. The molecule has 4 N–H and O–H groups in total. The maximum absolute atomic E-state index is 10.3. The standard InChI is InChI=1S/H4O9S3/c1-10(2,3)12(7,8,9)11(4,5)6/h(H,1,2,3)(H,4,5,6)(H2,7,8,9). The molecule has 0 saturated carbocycles. The van der Waals surface area contributed by atoms with Crippen LogP contribution >= 0.6 is 0 Å². The summed E-state index contributed by atoms with van der Waals surface area (Å²) < 4.78 is 81.5. The molecule has 0 amide bonds. The quantitative estimate of drug-likeness (QED) is 0.329. The van der Waals surface area contributed by atoms with Gasteiger partial charge in [0.25, 0.3) is 0 Å². The van der Waals surface area contributed by atoms with E-state index < -0.39 is 26.0 Å². The highest BCUT2D eigenvalue weighted by Gasteiger charge is 2.57. The Morgan fingerprint density at radius 1 is 0.833 bits per heavy atom. The van der Waals surface area contributed by atoms with Gasteiger partial charge in [-0.15, -0.1) is 0 Å². The molecule has 0 heterocycles. The Morgan fingerprint density at radius 3 is 1.00 bits per heavy atom. The van der Waals surface area contributed by atoms with Crippen LogP contribution in [0.5, 0.6) is 0 Å². The van der Waals surface area contributed by atoms with Crippen LogP contribution in [0.4, 0.5) is 0 Å². The zero-order chi connectivity index (χ0) is 10.4. The van der Waals surface area contributed by atoms with Crippen LogP contribution in [0.1, 0.15) is 0 Å². The van der Waals surface area contributed by atoms with Gasteiger partial charge in [-0.2, -0.15) is 21.0 Å². The summed E-state index contributed by atoms with van der Waals surface area (Å²) in [6.07, 6.45) is 0. The van der Waals surface area contributed by atoms with Crippen molar-refractivity contribution in [1.29, 1.82) is 0 Å². The van der Waals surface area contributed by atoms with Gasteiger partial charge in [0, 0.05) is 0 Å². The first kappa shape index (κ1) is 11.9. The van der Waals surface area contributed by atoms with E-state index in [4.69, 9.17) is 18.2 Å². The SMILES string of the molecule is O=S(=O)(O)S(=O)(O)(O)S(=O)(=O)O. The van der Waals surface area contributed by atoms with Crippen LogP contribution < -0.4 is 0 Å². The maximum atomic E-state index is 10.3. The summed E-state index contributed by atoms with van der Waals surface area (Å²) >= 11 is 0. The molecular weight excluding hydrogens is 240 g/mol. The third-order valence-corrected chi connectivity index (χ3v) is 9.58. The van der Waals surface area contributed by atoms with E-state index in [-0.39, 0.29) is 0 Å². The molecule has 0 unspecified atom stereocenters. The largest absolute Gasteiger partial charge is 0.384 e. The second kappa shape index (κ2) is 2.22. The van der Waals surface area contributed by atoms with Gasteiger partial charge in [0.15, 0.2) is 0 Å². The smallest absolute Gasteiger partial charge is 0.282 e. The van der Waals surface area contributed by atoms with Gasteiger partial charge in [-0.05, 0) is 0 Å². The van der Waals surface area contributed by atoms with Crippen LogP contribution in [0.3, 0.4) is 0 Å². The molecule has 12 heteroatoms. The van der Waals surface area contributed by atoms with E-state index in [0.29, 0.717) is 0 Å². The molecule has 0 aromatic rings. The zero-order valence-corrected chi connectivity index (χ0v) is 7.50. The van der Waals surface area contributed by atoms with Gasteiger partial charge in [-0.1, -0.05) is 0 Å². The Labute approximate surface area is 65.7 Å². The molecule has 0 aliphatic carbocycles. The van der Waals surface area contributed by atoms with Gasteiger partial charge in [-0.25, -0.2) is 0 Å². The van der Waals surface area contributed by atoms with Crippen LogP contribution in [0.15, 0.2) is 0 Å². The number of rotatable bonds is 2. The summed E-state index contributed by atoms with van der Waals surface area (Å²) in [5.74, 6) is 0. The lowest BCUT2D eigenvalue weighted by molar-refractivity contribution is 0.395. The van der Waals surface area contributed by atoms with Gasteiger partial charge in [0.1, 0.15) is 0 Å². The molecule has 0 aliphatic rings. The van der Waals surface area contributed by atoms with E-state index in [2.05, 4.69) is 0 Å². The van der Waals surface area contributed by atoms with Gasteiger partial charge >= 0.3 is 26.0 Å². The van der Waals surface area contributed by atoms with Crippen molar-refractivity contribution in [2.24, 2.45) is 0 Å². The molecule has 0 rings (SSSR count). The van der Waals surface area contributed by atoms with Gasteiger partial charge in [-0.3, -0.25) is 18.2 Å². The lowest BCUT2D eigenvalue weighted by Crippen LogP contribution is -2.46. The van der Waals surface area contributed by atoms with Crippen molar-refractivity contribution < 1.29 is 39.3 Å². The molecule has 0 fully saturated rings. The lowest BCUT2D eigenvalue weighted by Gasteiger charge is -2.21. The van der Waals surface area contributed by atoms with Crippen molar-refractivity contribution in [3.05, 3.63) is 0 Å². The second-order valence-electron chi connectivity index (χ2n) is 1.59. The fourth-order valence-electron chi connectivity index (χ4n) is 0.109. The third-order valence-electron chi connectivity index (χ3n) is 0.721. The summed E-state index contributed by atoms with van der Waals surface area (Å²) in [4.78, 5) is 0. The highest BCUT2D eigenvalue weighted by atomic mass is 33.6. The molecule has 9 nitrogen and oxygen atoms in total. The van der Waals surface area contributed by atoms with Crippen molar-refractivity contribution in [3.63, 3.8) is 0 Å². The molecular formula is H4O9S3. The Bertz CT molecular complexity index is 398. The molecule has 12 heavy (non-hydrogen) atoms. The predicted octanol–water partition coefficient (Wildman–Crippen LogP) is -1.64. The average Bonchev–Trinajstić information content (AvgIpc) is 1.55. The zero-order valence-electron chi connectivity index (χ0n) is 5.05. The Hall–Kier alpha value is -0.110. The average molecular weight is 244 g/mol. The van der Waals surface area contributed by atoms with Crippen molar-refractivity contribution >= 4 is 26.0 Å². The van der Waals surface area contributed by atoms with Crippen LogP contribution in [0.2, 0.25) is 0 Å². The second-order valence-corrected chi connectivity index (χ2v) is 11.5. The van der Waals surface area contributed by atoms with E-state index in [1.807, 2.05) is 0 Å². The molecule has 0 aromatic heterocycles. The molecule has 76 valence electrons. The fourth-order valence-corrected chi connectivity index (χ4v) is 2.93. The molecule has 0 aliphatic heterocycles. The van der Waals surface area contributed by atoms with E-state index in [9.17, 15) is 21.0 Å². The first-order chi connectivity index (χ1) is 4.79. The molecule has 0 saturated heterocycles. The lowest BCUT2D eigenvalue weighted by atomic mass is 15.8.